The first-order chi connectivity index (χ1) is 14.6. The summed E-state index contributed by atoms with van der Waals surface area (Å²) in [7, 11) is 0. The number of esters is 1. The first-order valence-electron chi connectivity index (χ1n) is 10.7. The highest BCUT2D eigenvalue weighted by molar-refractivity contribution is 5.78. The minimum atomic E-state index is -2.60. The second-order valence-corrected chi connectivity index (χ2v) is 8.32. The van der Waals surface area contributed by atoms with Crippen LogP contribution < -0.4 is 0 Å². The molecule has 1 saturated heterocycles. The molecule has 0 radical (unpaired) electrons. The molecule has 1 aliphatic heterocycles. The summed E-state index contributed by atoms with van der Waals surface area (Å²) >= 11 is 0. The average molecular weight is 450 g/mol. The third kappa shape index (κ3) is 7.26. The van der Waals surface area contributed by atoms with Gasteiger partial charge in [-0.1, -0.05) is 6.42 Å². The minimum Gasteiger partial charge on any atom is -0.431 e. The Balaban J connectivity index is 1.95. The Morgan fingerprint density at radius 3 is 2.35 bits per heavy atom. The maximum atomic E-state index is 12.5. The molecule has 1 saturated carbocycles. The van der Waals surface area contributed by atoms with E-state index in [2.05, 4.69) is 0 Å². The summed E-state index contributed by atoms with van der Waals surface area (Å²) < 4.78 is 20.4. The summed E-state index contributed by atoms with van der Waals surface area (Å²) in [5.41, 5.74) is 0. The molecule has 0 spiro atoms. The zero-order chi connectivity index (χ0) is 23.2. The van der Waals surface area contributed by atoms with Crippen molar-refractivity contribution in [1.29, 1.82) is 0 Å². The number of aliphatic hydroxyl groups is 5. The van der Waals surface area contributed by atoms with Gasteiger partial charge in [0.2, 0.25) is 6.29 Å². The number of hydrogen-bond donors (Lipinski definition) is 5. The molecule has 0 bridgehead atoms. The maximum absolute atomic E-state index is 12.5. The lowest BCUT2D eigenvalue weighted by Gasteiger charge is -2.44. The zero-order valence-electron chi connectivity index (χ0n) is 17.9. The monoisotopic (exact) mass is 450 g/mol. The fraction of sp³-hybridized carbons (Fsp3) is 0.900. The van der Waals surface area contributed by atoms with Crippen LogP contribution in [0.25, 0.3) is 0 Å². The van der Waals surface area contributed by atoms with Crippen LogP contribution in [0.2, 0.25) is 0 Å². The van der Waals surface area contributed by atoms with E-state index in [4.69, 9.17) is 24.1 Å². The van der Waals surface area contributed by atoms with Gasteiger partial charge in [-0.15, -0.1) is 0 Å². The molecule has 1 aliphatic carbocycles. The molecule has 2 fully saturated rings. The van der Waals surface area contributed by atoms with Crippen molar-refractivity contribution >= 4 is 12.1 Å². The number of carbonyl (C=O) groups is 2. The summed E-state index contributed by atoms with van der Waals surface area (Å²) in [6, 6.07) is 0. The Bertz CT molecular complexity index is 592. The van der Waals surface area contributed by atoms with E-state index in [0.29, 0.717) is 0 Å². The molecule has 7 atom stereocenters. The third-order valence-corrected chi connectivity index (χ3v) is 5.65. The van der Waals surface area contributed by atoms with E-state index in [1.54, 1.807) is 0 Å². The molecule has 2 rings (SSSR count). The Morgan fingerprint density at radius 1 is 1.13 bits per heavy atom. The van der Waals surface area contributed by atoms with E-state index in [0.717, 1.165) is 32.1 Å². The normalized spacial score (nSPS) is 32.5. The van der Waals surface area contributed by atoms with Crippen molar-refractivity contribution in [2.24, 2.45) is 5.92 Å². The molecular formula is C20H34O11. The molecular weight excluding hydrogens is 416 g/mol. The highest BCUT2D eigenvalue weighted by Gasteiger charge is 2.53. The van der Waals surface area contributed by atoms with Crippen molar-refractivity contribution in [1.82, 2.24) is 0 Å². The van der Waals surface area contributed by atoms with Crippen LogP contribution in [-0.2, 0) is 23.7 Å². The molecule has 11 nitrogen and oxygen atoms in total. The fourth-order valence-corrected chi connectivity index (χ4v) is 4.11. The SMILES string of the molecule is CC(OC(=O)OC1CCCCC1)OC(=O)C1(O)CC(O)C(C(C)O)C(C[C@H](O)CO)O1. The van der Waals surface area contributed by atoms with Crippen LogP contribution in [0.15, 0.2) is 0 Å². The molecule has 0 amide bonds. The first kappa shape index (κ1) is 25.8. The molecule has 11 heteroatoms. The van der Waals surface area contributed by atoms with Crippen molar-refractivity contribution < 1.29 is 54.1 Å². The number of carbonyl (C=O) groups excluding carboxylic acids is 2. The van der Waals surface area contributed by atoms with E-state index < -0.39 is 67.6 Å². The molecule has 180 valence electrons. The number of rotatable bonds is 8. The average Bonchev–Trinajstić information content (AvgIpc) is 2.67. The van der Waals surface area contributed by atoms with Gasteiger partial charge in [-0.2, -0.15) is 0 Å². The maximum Gasteiger partial charge on any atom is 0.511 e. The third-order valence-electron chi connectivity index (χ3n) is 5.65. The molecule has 31 heavy (non-hydrogen) atoms. The number of hydrogen-bond acceptors (Lipinski definition) is 11. The predicted octanol–water partition coefficient (Wildman–Crippen LogP) is -0.0598. The van der Waals surface area contributed by atoms with Gasteiger partial charge in [0.1, 0.15) is 6.10 Å². The van der Waals surface area contributed by atoms with Crippen LogP contribution >= 0.6 is 0 Å². The van der Waals surface area contributed by atoms with Crippen LogP contribution in [0.4, 0.5) is 4.79 Å². The Labute approximate surface area is 180 Å². The first-order valence-corrected chi connectivity index (χ1v) is 10.7. The van der Waals surface area contributed by atoms with Crippen LogP contribution in [-0.4, -0.2) is 86.9 Å². The van der Waals surface area contributed by atoms with Crippen LogP contribution in [0.3, 0.4) is 0 Å². The van der Waals surface area contributed by atoms with Crippen LogP contribution in [0, 0.1) is 5.92 Å². The van der Waals surface area contributed by atoms with Gasteiger partial charge >= 0.3 is 12.1 Å². The minimum absolute atomic E-state index is 0.249. The smallest absolute Gasteiger partial charge is 0.431 e. The van der Waals surface area contributed by atoms with E-state index in [-0.39, 0.29) is 12.5 Å². The predicted molar refractivity (Wildman–Crippen MR) is 103 cm³/mol. The second-order valence-electron chi connectivity index (χ2n) is 8.32. The Morgan fingerprint density at radius 2 is 1.77 bits per heavy atom. The quantitative estimate of drug-likeness (QED) is 0.248. The Hall–Kier alpha value is -1.50. The van der Waals surface area contributed by atoms with E-state index >= 15 is 0 Å². The fourth-order valence-electron chi connectivity index (χ4n) is 4.11. The van der Waals surface area contributed by atoms with Crippen LogP contribution in [0.5, 0.6) is 0 Å². The van der Waals surface area contributed by atoms with Gasteiger partial charge < -0.3 is 44.5 Å². The van der Waals surface area contributed by atoms with Gasteiger partial charge in [-0.25, -0.2) is 9.59 Å². The number of ether oxygens (including phenoxy) is 4. The lowest BCUT2D eigenvalue weighted by molar-refractivity contribution is -0.303. The molecule has 1 heterocycles. The van der Waals surface area contributed by atoms with Crippen molar-refractivity contribution in [2.45, 2.75) is 101 Å². The van der Waals surface area contributed by atoms with Gasteiger partial charge in [0, 0.05) is 25.7 Å². The molecule has 2 aliphatic rings. The standard InChI is InChI=1S/C20H34O11/c1-11(22)17-15(24)9-20(27,31-16(17)8-13(23)10-21)18(25)28-12(2)29-19(26)30-14-6-4-3-5-7-14/h11-17,21-24,27H,3-10H2,1-2H3/t11?,12?,13-,15?,16?,17?,20?/m0/s1. The van der Waals surface area contributed by atoms with Gasteiger partial charge in [-0.05, 0) is 32.6 Å². The molecule has 0 aromatic carbocycles. The van der Waals surface area contributed by atoms with E-state index in [1.165, 1.54) is 13.8 Å². The Kier molecular flexibility index (Phi) is 9.46. The van der Waals surface area contributed by atoms with Gasteiger partial charge in [0.05, 0.1) is 31.0 Å². The highest BCUT2D eigenvalue weighted by Crippen LogP contribution is 2.36. The number of aliphatic hydroxyl groups excluding tert-OH is 4. The molecule has 6 unspecified atom stereocenters. The molecule has 0 aromatic rings. The van der Waals surface area contributed by atoms with Crippen molar-refractivity contribution in [3.8, 4) is 0 Å². The van der Waals surface area contributed by atoms with Gasteiger partial charge in [-0.3, -0.25) is 0 Å². The summed E-state index contributed by atoms with van der Waals surface area (Å²) in [6.45, 7) is 2.04. The van der Waals surface area contributed by atoms with Gasteiger partial charge in [0.25, 0.3) is 5.79 Å². The molecule has 0 aromatic heterocycles. The van der Waals surface area contributed by atoms with Crippen molar-refractivity contribution in [3.05, 3.63) is 0 Å². The summed E-state index contributed by atoms with van der Waals surface area (Å²) in [5.74, 6) is -4.83. The summed E-state index contributed by atoms with van der Waals surface area (Å²) in [5, 5.41) is 49.8. The lowest BCUT2D eigenvalue weighted by Crippen LogP contribution is -2.59. The topological polar surface area (TPSA) is 172 Å². The van der Waals surface area contributed by atoms with Crippen LogP contribution in [0.1, 0.15) is 58.8 Å². The highest BCUT2D eigenvalue weighted by atomic mass is 16.8. The van der Waals surface area contributed by atoms with Crippen molar-refractivity contribution in [2.75, 3.05) is 6.61 Å². The van der Waals surface area contributed by atoms with Crippen molar-refractivity contribution in [3.63, 3.8) is 0 Å². The second kappa shape index (κ2) is 11.4. The summed E-state index contributed by atoms with van der Waals surface area (Å²) in [6.07, 6.45) is -3.90. The lowest BCUT2D eigenvalue weighted by atomic mass is 9.81. The molecule has 5 N–H and O–H groups in total. The zero-order valence-corrected chi connectivity index (χ0v) is 17.9. The largest absolute Gasteiger partial charge is 0.511 e. The summed E-state index contributed by atoms with van der Waals surface area (Å²) in [4.78, 5) is 24.4. The van der Waals surface area contributed by atoms with Gasteiger partial charge in [0.15, 0.2) is 0 Å². The van der Waals surface area contributed by atoms with E-state index in [9.17, 15) is 30.0 Å². The van der Waals surface area contributed by atoms with E-state index in [1.807, 2.05) is 0 Å².